The Balaban J connectivity index is 2.04. The Morgan fingerprint density at radius 3 is 2.41 bits per heavy atom. The number of carbonyl (C=O) groups excluding carboxylic acids is 1. The monoisotopic (exact) mass is 231 g/mol. The lowest BCUT2D eigenvalue weighted by Crippen LogP contribution is -2.32. The Morgan fingerprint density at radius 2 is 1.88 bits per heavy atom. The molecule has 92 valence electrons. The third-order valence-corrected chi connectivity index (χ3v) is 3.56. The molecule has 2 heteroatoms. The van der Waals surface area contributed by atoms with Crippen LogP contribution in [0.4, 0.5) is 0 Å². The van der Waals surface area contributed by atoms with Crippen molar-refractivity contribution in [1.29, 1.82) is 0 Å². The second-order valence-electron chi connectivity index (χ2n) is 5.95. The highest BCUT2D eigenvalue weighted by atomic mass is 16.2. The van der Waals surface area contributed by atoms with Crippen molar-refractivity contribution >= 4 is 5.91 Å². The summed E-state index contributed by atoms with van der Waals surface area (Å²) in [7, 11) is 0. The molecule has 0 N–H and O–H groups in total. The lowest BCUT2D eigenvalue weighted by atomic mass is 9.80. The van der Waals surface area contributed by atoms with Crippen LogP contribution in [0.2, 0.25) is 0 Å². The standard InChI is InChI=1S/C15H21NO/c1-15(2,3)13-9-10-16(14(13)17)11-12-7-5-4-6-8-12/h4-8,13H,9-11H2,1-3H3. The lowest BCUT2D eigenvalue weighted by molar-refractivity contribution is -0.134. The van der Waals surface area contributed by atoms with E-state index in [1.165, 1.54) is 5.56 Å². The summed E-state index contributed by atoms with van der Waals surface area (Å²) >= 11 is 0. The molecule has 1 aromatic rings. The molecule has 1 fully saturated rings. The van der Waals surface area contributed by atoms with Crippen molar-refractivity contribution in [3.63, 3.8) is 0 Å². The summed E-state index contributed by atoms with van der Waals surface area (Å²) in [6.45, 7) is 8.12. The first-order valence-corrected chi connectivity index (χ1v) is 6.31. The Bertz CT molecular complexity index is 391. The van der Waals surface area contributed by atoms with Gasteiger partial charge < -0.3 is 4.90 Å². The van der Waals surface area contributed by atoms with E-state index in [-0.39, 0.29) is 11.3 Å². The molecular weight excluding hydrogens is 210 g/mol. The molecule has 0 aromatic heterocycles. The van der Waals surface area contributed by atoms with Crippen LogP contribution in [0.15, 0.2) is 30.3 Å². The highest BCUT2D eigenvalue weighted by molar-refractivity contribution is 5.81. The minimum Gasteiger partial charge on any atom is -0.338 e. The van der Waals surface area contributed by atoms with E-state index in [1.807, 2.05) is 23.1 Å². The molecule has 1 aromatic carbocycles. The Kier molecular flexibility index (Phi) is 3.23. The van der Waals surface area contributed by atoms with E-state index < -0.39 is 0 Å². The summed E-state index contributed by atoms with van der Waals surface area (Å²) in [5.41, 5.74) is 1.30. The predicted molar refractivity (Wildman–Crippen MR) is 69.4 cm³/mol. The molecule has 0 spiro atoms. The summed E-state index contributed by atoms with van der Waals surface area (Å²) in [6, 6.07) is 10.2. The number of hydrogen-bond donors (Lipinski definition) is 0. The molecule has 1 unspecified atom stereocenters. The van der Waals surface area contributed by atoms with Gasteiger partial charge in [0, 0.05) is 19.0 Å². The summed E-state index contributed by atoms with van der Waals surface area (Å²) < 4.78 is 0. The van der Waals surface area contributed by atoms with Gasteiger partial charge in [-0.15, -0.1) is 0 Å². The fraction of sp³-hybridized carbons (Fsp3) is 0.533. The molecule has 1 aliphatic rings. The van der Waals surface area contributed by atoms with Crippen molar-refractivity contribution in [2.75, 3.05) is 6.54 Å². The second-order valence-corrected chi connectivity index (χ2v) is 5.95. The van der Waals surface area contributed by atoms with E-state index in [0.717, 1.165) is 19.5 Å². The van der Waals surface area contributed by atoms with E-state index in [0.29, 0.717) is 5.91 Å². The van der Waals surface area contributed by atoms with Crippen LogP contribution in [0.25, 0.3) is 0 Å². The number of rotatable bonds is 2. The van der Waals surface area contributed by atoms with Crippen LogP contribution in [0, 0.1) is 11.3 Å². The molecule has 17 heavy (non-hydrogen) atoms. The van der Waals surface area contributed by atoms with E-state index in [1.54, 1.807) is 0 Å². The zero-order chi connectivity index (χ0) is 12.5. The zero-order valence-corrected chi connectivity index (χ0v) is 10.9. The lowest BCUT2D eigenvalue weighted by Gasteiger charge is -2.25. The van der Waals surface area contributed by atoms with Gasteiger partial charge in [0.05, 0.1) is 0 Å². The van der Waals surface area contributed by atoms with Gasteiger partial charge in [0.1, 0.15) is 0 Å². The minimum atomic E-state index is 0.0858. The third-order valence-electron chi connectivity index (χ3n) is 3.56. The first kappa shape index (κ1) is 12.2. The molecule has 1 saturated heterocycles. The third kappa shape index (κ3) is 2.68. The van der Waals surface area contributed by atoms with Crippen molar-refractivity contribution in [1.82, 2.24) is 4.90 Å². The summed E-state index contributed by atoms with van der Waals surface area (Å²) in [6.07, 6.45) is 0.995. The first-order chi connectivity index (χ1) is 7.98. The topological polar surface area (TPSA) is 20.3 Å². The van der Waals surface area contributed by atoms with Crippen LogP contribution >= 0.6 is 0 Å². The Hall–Kier alpha value is -1.31. The van der Waals surface area contributed by atoms with Crippen molar-refractivity contribution in [2.45, 2.75) is 33.7 Å². The van der Waals surface area contributed by atoms with Gasteiger partial charge in [-0.2, -0.15) is 0 Å². The second kappa shape index (κ2) is 4.52. The van der Waals surface area contributed by atoms with Crippen LogP contribution < -0.4 is 0 Å². The molecule has 2 rings (SSSR count). The number of hydrogen-bond acceptors (Lipinski definition) is 1. The fourth-order valence-corrected chi connectivity index (χ4v) is 2.50. The number of carbonyl (C=O) groups is 1. The molecule has 1 amide bonds. The first-order valence-electron chi connectivity index (χ1n) is 6.31. The average Bonchev–Trinajstić information content (AvgIpc) is 2.61. The maximum atomic E-state index is 12.3. The van der Waals surface area contributed by atoms with Crippen LogP contribution in [0.1, 0.15) is 32.8 Å². The summed E-state index contributed by atoms with van der Waals surface area (Å²) in [5, 5.41) is 0. The minimum absolute atomic E-state index is 0.0858. The van der Waals surface area contributed by atoms with Crippen molar-refractivity contribution in [3.8, 4) is 0 Å². The van der Waals surface area contributed by atoms with Crippen LogP contribution in [-0.4, -0.2) is 17.4 Å². The fourth-order valence-electron chi connectivity index (χ4n) is 2.50. The SMILES string of the molecule is CC(C)(C)C1CCN(Cc2ccccc2)C1=O. The highest BCUT2D eigenvalue weighted by Gasteiger charge is 2.39. The van der Waals surface area contributed by atoms with Crippen LogP contribution in [-0.2, 0) is 11.3 Å². The molecule has 1 atom stereocenters. The van der Waals surface area contributed by atoms with Crippen LogP contribution in [0.5, 0.6) is 0 Å². The van der Waals surface area contributed by atoms with E-state index in [4.69, 9.17) is 0 Å². The van der Waals surface area contributed by atoms with Gasteiger partial charge in [0.2, 0.25) is 5.91 Å². The van der Waals surface area contributed by atoms with E-state index >= 15 is 0 Å². The number of benzene rings is 1. The smallest absolute Gasteiger partial charge is 0.226 e. The quantitative estimate of drug-likeness (QED) is 0.766. The Morgan fingerprint density at radius 1 is 1.24 bits per heavy atom. The van der Waals surface area contributed by atoms with Crippen LogP contribution in [0.3, 0.4) is 0 Å². The largest absolute Gasteiger partial charge is 0.338 e. The van der Waals surface area contributed by atoms with Crippen molar-refractivity contribution in [2.24, 2.45) is 11.3 Å². The Labute approximate surface area is 104 Å². The molecule has 1 aliphatic heterocycles. The number of amides is 1. The molecule has 0 radical (unpaired) electrons. The van der Waals surface area contributed by atoms with Gasteiger partial charge in [-0.1, -0.05) is 51.1 Å². The van der Waals surface area contributed by atoms with Gasteiger partial charge in [-0.25, -0.2) is 0 Å². The number of likely N-dealkylation sites (tertiary alicyclic amines) is 1. The molecular formula is C15H21NO. The van der Waals surface area contributed by atoms with Crippen molar-refractivity contribution in [3.05, 3.63) is 35.9 Å². The van der Waals surface area contributed by atoms with Gasteiger partial charge in [-0.3, -0.25) is 4.79 Å². The average molecular weight is 231 g/mol. The van der Waals surface area contributed by atoms with E-state index in [9.17, 15) is 4.79 Å². The maximum absolute atomic E-state index is 12.3. The van der Waals surface area contributed by atoms with Crippen molar-refractivity contribution < 1.29 is 4.79 Å². The zero-order valence-electron chi connectivity index (χ0n) is 10.9. The summed E-state index contributed by atoms with van der Waals surface area (Å²) in [5.74, 6) is 0.507. The van der Waals surface area contributed by atoms with Gasteiger partial charge >= 0.3 is 0 Å². The molecule has 1 heterocycles. The maximum Gasteiger partial charge on any atom is 0.226 e. The number of nitrogens with zero attached hydrogens (tertiary/aromatic N) is 1. The highest BCUT2D eigenvalue weighted by Crippen LogP contribution is 2.35. The summed E-state index contributed by atoms with van der Waals surface area (Å²) in [4.78, 5) is 14.3. The molecule has 2 nitrogen and oxygen atoms in total. The molecule has 0 saturated carbocycles. The van der Waals surface area contributed by atoms with Gasteiger partial charge in [0.25, 0.3) is 0 Å². The molecule has 0 bridgehead atoms. The predicted octanol–water partition coefficient (Wildman–Crippen LogP) is 3.08. The molecule has 0 aliphatic carbocycles. The van der Waals surface area contributed by atoms with Gasteiger partial charge in [-0.05, 0) is 17.4 Å². The van der Waals surface area contributed by atoms with Gasteiger partial charge in [0.15, 0.2) is 0 Å². The normalized spacial score (nSPS) is 21.0. The van der Waals surface area contributed by atoms with E-state index in [2.05, 4.69) is 32.9 Å².